The molecule has 0 aromatic heterocycles. The van der Waals surface area contributed by atoms with Crippen molar-refractivity contribution in [2.45, 2.75) is 458 Å². The Bertz CT molecular complexity index is 2400. The van der Waals surface area contributed by atoms with Crippen molar-refractivity contribution in [3.8, 4) is 0 Å². The Hall–Kier alpha value is -3.29. The van der Waals surface area contributed by atoms with E-state index in [1.165, 1.54) is 225 Å². The highest BCUT2D eigenvalue weighted by Crippen LogP contribution is 2.34. The van der Waals surface area contributed by atoms with Gasteiger partial charge in [0, 0.05) is 6.42 Å². The molecule has 0 bridgehead atoms. The second-order valence-corrected chi connectivity index (χ2v) is 32.0. The molecule has 0 radical (unpaired) electrons. The average Bonchev–Trinajstić information content (AvgIpc) is 0.781. The first-order valence-electron chi connectivity index (χ1n) is 45.5. The van der Waals surface area contributed by atoms with E-state index in [1.807, 2.05) is 0 Å². The van der Waals surface area contributed by atoms with Crippen molar-refractivity contribution in [1.29, 1.82) is 0 Å². The number of allylic oxidation sites excluding steroid dienone is 16. The maximum Gasteiger partial charge on any atom is 0.220 e. The van der Waals surface area contributed by atoms with Gasteiger partial charge in [0.15, 0.2) is 18.9 Å². The molecule has 0 aliphatic carbocycles. The van der Waals surface area contributed by atoms with Crippen molar-refractivity contribution < 1.29 is 89.4 Å². The maximum atomic E-state index is 13.5. The molecule has 0 saturated carbocycles. The number of aliphatic hydroxyl groups excluding tert-OH is 11. The van der Waals surface area contributed by atoms with Crippen molar-refractivity contribution in [3.05, 3.63) is 97.2 Å². The lowest BCUT2D eigenvalue weighted by molar-refractivity contribution is -0.379. The number of aliphatic hydroxyl groups is 11. The lowest BCUT2D eigenvalue weighted by Crippen LogP contribution is -2.66. The fourth-order valence-corrected chi connectivity index (χ4v) is 15.0. The summed E-state index contributed by atoms with van der Waals surface area (Å²) in [6.45, 7) is 1.73. The minimum Gasteiger partial charge on any atom is -0.394 e. The van der Waals surface area contributed by atoms with Gasteiger partial charge in [-0.1, -0.05) is 368 Å². The van der Waals surface area contributed by atoms with E-state index in [2.05, 4.69) is 116 Å². The summed E-state index contributed by atoms with van der Waals surface area (Å²) in [6, 6.07) is -0.893. The van der Waals surface area contributed by atoms with E-state index in [-0.39, 0.29) is 18.9 Å². The molecule has 0 aromatic rings. The Kier molecular flexibility index (Phi) is 66.0. The lowest BCUT2D eigenvalue weighted by Gasteiger charge is -2.48. The molecule has 3 saturated heterocycles. The normalized spacial score (nSPS) is 25.4. The number of hydrogen-bond donors (Lipinski definition) is 12. The van der Waals surface area contributed by atoms with Gasteiger partial charge in [0.05, 0.1) is 38.6 Å². The van der Waals surface area contributed by atoms with Crippen molar-refractivity contribution in [1.82, 2.24) is 5.32 Å². The van der Waals surface area contributed by atoms with Crippen LogP contribution in [0.4, 0.5) is 0 Å². The zero-order valence-electron chi connectivity index (χ0n) is 70.1. The standard InChI is InChI=1S/C93H165NO18/c1-3-5-7-9-11-13-15-17-19-21-23-25-27-29-31-32-33-34-35-36-37-38-39-40-41-42-43-44-45-47-49-51-53-55-57-59-61-63-65-67-69-71-81(99)94-76(77(98)70-68-66-64-62-60-58-56-54-52-50-48-46-30-28-26-24-22-20-18-16-14-12-10-8-6-4-2)75-107-91-87(105)84(102)89(79(73-96)109-91)112-93-88(106)85(103)90(80(74-97)110-93)111-92-86(104)83(101)82(100)78(72-95)108-92/h5,7,11,13,17,19,23,25,29,31,33-34,36-37,39-40,76-80,82-93,95-98,100-106H,3-4,6,8-10,12,14-16,18,20-22,24,26-28,30,32,35,38,41-75H2,1-2H3,(H,94,99)/b7-5-,13-11-,19-17-,25-23-,31-29-,34-33-,37-36-,40-39-. The van der Waals surface area contributed by atoms with Crippen LogP contribution in [0.15, 0.2) is 97.2 Å². The highest BCUT2D eigenvalue weighted by Gasteiger charge is 2.54. The topological polar surface area (TPSA) is 307 Å². The smallest absolute Gasteiger partial charge is 0.220 e. The van der Waals surface area contributed by atoms with E-state index in [1.54, 1.807) is 0 Å². The van der Waals surface area contributed by atoms with Crippen LogP contribution < -0.4 is 5.32 Å². The van der Waals surface area contributed by atoms with Gasteiger partial charge in [-0.2, -0.15) is 0 Å². The third-order valence-electron chi connectivity index (χ3n) is 22.2. The molecule has 3 rings (SSSR count). The number of unbranched alkanes of at least 4 members (excludes halogenated alkanes) is 41. The first-order chi connectivity index (χ1) is 54.8. The number of carbonyl (C=O) groups excluding carboxylic acids is 1. The largest absolute Gasteiger partial charge is 0.394 e. The van der Waals surface area contributed by atoms with Crippen molar-refractivity contribution >= 4 is 5.91 Å². The molecule has 17 atom stereocenters. The molecule has 3 fully saturated rings. The first kappa shape index (κ1) is 103. The summed E-state index contributed by atoms with van der Waals surface area (Å²) in [4.78, 5) is 13.5. The number of nitrogens with one attached hydrogen (secondary N) is 1. The molecule has 17 unspecified atom stereocenters. The predicted octanol–water partition coefficient (Wildman–Crippen LogP) is 17.5. The average molecular weight is 1590 g/mol. The van der Waals surface area contributed by atoms with E-state index in [0.717, 1.165) is 96.3 Å². The van der Waals surface area contributed by atoms with Gasteiger partial charge in [0.2, 0.25) is 5.91 Å². The summed E-state index contributed by atoms with van der Waals surface area (Å²) in [5, 5.41) is 121. The molecule has 12 N–H and O–H groups in total. The van der Waals surface area contributed by atoms with Crippen LogP contribution in [0, 0.1) is 0 Å². The summed E-state index contributed by atoms with van der Waals surface area (Å²) in [6.07, 6.45) is 72.2. The SMILES string of the molecule is CC/C=C\C/C=C\C/C=C\C/C=C\C/C=C\C/C=C\C/C=C\C/C=C\CCCCCCCCCCCCCCCCCCC(=O)NC(COC1OC(CO)C(OC2OC(CO)C(OC3OC(CO)C(O)C(O)C3O)C(O)C2O)C(O)C1O)C(O)CCCCCCCCCCCCCCCCCCCCCCCCCCCC. The molecule has 650 valence electrons. The minimum atomic E-state index is -1.98. The molecular weight excluding hydrogens is 1420 g/mol. The predicted molar refractivity (Wildman–Crippen MR) is 452 cm³/mol. The summed E-state index contributed by atoms with van der Waals surface area (Å²) in [5.41, 5.74) is 0. The molecule has 3 aliphatic rings. The number of hydrogen-bond acceptors (Lipinski definition) is 18. The first-order valence-corrected chi connectivity index (χ1v) is 45.5. The fraction of sp³-hybridized carbons (Fsp3) is 0.817. The van der Waals surface area contributed by atoms with E-state index >= 15 is 0 Å². The van der Waals surface area contributed by atoms with Crippen molar-refractivity contribution in [3.63, 3.8) is 0 Å². The Morgan fingerprint density at radius 3 is 0.964 bits per heavy atom. The van der Waals surface area contributed by atoms with Crippen LogP contribution >= 0.6 is 0 Å². The van der Waals surface area contributed by atoms with Gasteiger partial charge in [0.25, 0.3) is 0 Å². The molecular formula is C93H165NO18. The molecule has 0 aromatic carbocycles. The van der Waals surface area contributed by atoms with Crippen LogP contribution in [0.1, 0.15) is 354 Å². The minimum absolute atomic E-state index is 0.240. The summed E-state index contributed by atoms with van der Waals surface area (Å²) in [5.74, 6) is -0.240. The van der Waals surface area contributed by atoms with Crippen molar-refractivity contribution in [2.75, 3.05) is 26.4 Å². The Morgan fingerprint density at radius 1 is 0.330 bits per heavy atom. The van der Waals surface area contributed by atoms with Gasteiger partial charge in [-0.05, 0) is 77.0 Å². The van der Waals surface area contributed by atoms with Gasteiger partial charge in [-0.25, -0.2) is 0 Å². The molecule has 1 amide bonds. The van der Waals surface area contributed by atoms with Crippen molar-refractivity contribution in [2.24, 2.45) is 0 Å². The van der Waals surface area contributed by atoms with E-state index in [0.29, 0.717) is 12.8 Å². The van der Waals surface area contributed by atoms with Crippen LogP contribution in [-0.4, -0.2) is 193 Å². The van der Waals surface area contributed by atoms with Crippen LogP contribution in [0.2, 0.25) is 0 Å². The maximum absolute atomic E-state index is 13.5. The molecule has 0 spiro atoms. The zero-order valence-corrected chi connectivity index (χ0v) is 70.1. The molecule has 112 heavy (non-hydrogen) atoms. The van der Waals surface area contributed by atoms with Gasteiger partial charge in [-0.15, -0.1) is 0 Å². The van der Waals surface area contributed by atoms with Gasteiger partial charge in [-0.3, -0.25) is 4.79 Å². The number of carbonyl (C=O) groups is 1. The Labute approximate surface area is 679 Å². The van der Waals surface area contributed by atoms with Crippen LogP contribution in [0.25, 0.3) is 0 Å². The fourth-order valence-electron chi connectivity index (χ4n) is 15.0. The van der Waals surface area contributed by atoms with E-state index < -0.39 is 124 Å². The summed E-state index contributed by atoms with van der Waals surface area (Å²) < 4.78 is 34.6. The monoisotopic (exact) mass is 1580 g/mol. The number of amides is 1. The Balaban J connectivity index is 1.30. The highest BCUT2D eigenvalue weighted by atomic mass is 16.8. The van der Waals surface area contributed by atoms with Gasteiger partial charge < -0.3 is 89.9 Å². The number of rotatable bonds is 73. The summed E-state index contributed by atoms with van der Waals surface area (Å²) in [7, 11) is 0. The highest BCUT2D eigenvalue weighted by molar-refractivity contribution is 5.76. The Morgan fingerprint density at radius 2 is 0.616 bits per heavy atom. The molecule has 19 nitrogen and oxygen atoms in total. The van der Waals surface area contributed by atoms with Gasteiger partial charge in [0.1, 0.15) is 73.2 Å². The third kappa shape index (κ3) is 49.8. The molecule has 3 aliphatic heterocycles. The van der Waals surface area contributed by atoms with E-state index in [9.17, 15) is 61.0 Å². The quantitative estimate of drug-likeness (QED) is 0.0199. The van der Waals surface area contributed by atoms with Crippen LogP contribution in [0.3, 0.4) is 0 Å². The zero-order chi connectivity index (χ0) is 81.0. The van der Waals surface area contributed by atoms with E-state index in [4.69, 9.17) is 28.4 Å². The second kappa shape index (κ2) is 71.8. The molecule has 19 heteroatoms. The van der Waals surface area contributed by atoms with Crippen LogP contribution in [0.5, 0.6) is 0 Å². The third-order valence-corrected chi connectivity index (χ3v) is 22.2. The second-order valence-electron chi connectivity index (χ2n) is 32.0. The van der Waals surface area contributed by atoms with Gasteiger partial charge >= 0.3 is 0 Å². The number of ether oxygens (including phenoxy) is 6. The molecule has 3 heterocycles. The van der Waals surface area contributed by atoms with Crippen LogP contribution in [-0.2, 0) is 33.2 Å². The lowest BCUT2D eigenvalue weighted by atomic mass is 9.96. The summed E-state index contributed by atoms with van der Waals surface area (Å²) >= 11 is 0.